The Kier molecular flexibility index (Phi) is 30.1. The average molecular weight is 231 g/mol. The van der Waals surface area contributed by atoms with E-state index in [0.717, 1.165) is 6.42 Å². The number of hydrogen-bond acceptors (Lipinski definition) is 0. The van der Waals surface area contributed by atoms with Crippen LogP contribution in [0.5, 0.6) is 0 Å². The molecule has 0 aromatic rings. The molecular formula is C4H11Cl3CrN-2. The summed E-state index contributed by atoms with van der Waals surface area (Å²) in [5.41, 5.74) is 0. The minimum atomic E-state index is -1.62. The van der Waals surface area contributed by atoms with Crippen molar-refractivity contribution < 1.29 is 11.4 Å². The van der Waals surface area contributed by atoms with Crippen LogP contribution in [-0.4, -0.2) is 0 Å². The van der Waals surface area contributed by atoms with E-state index in [2.05, 4.69) is 13.8 Å². The van der Waals surface area contributed by atoms with Gasteiger partial charge in [0.15, 0.2) is 0 Å². The van der Waals surface area contributed by atoms with Crippen molar-refractivity contribution in [2.45, 2.75) is 19.8 Å². The fourth-order valence-electron chi connectivity index (χ4n) is 0. The first-order chi connectivity index (χ1) is 3.65. The van der Waals surface area contributed by atoms with E-state index in [0.29, 0.717) is 0 Å². The molecule has 2 N–H and O–H groups in total. The van der Waals surface area contributed by atoms with Crippen LogP contribution in [0.25, 0.3) is 6.15 Å². The van der Waals surface area contributed by atoms with Gasteiger partial charge in [-0.3, -0.25) is 0 Å². The van der Waals surface area contributed by atoms with Crippen LogP contribution in [0, 0.1) is 6.92 Å². The molecule has 0 unspecified atom stereocenters. The van der Waals surface area contributed by atoms with Crippen molar-refractivity contribution in [2.24, 2.45) is 0 Å². The van der Waals surface area contributed by atoms with Gasteiger partial charge in [0.2, 0.25) is 0 Å². The Hall–Kier alpha value is 1.36. The third-order valence-corrected chi connectivity index (χ3v) is 0.354. The smallest absolute Gasteiger partial charge is 0.693 e. The Bertz CT molecular complexity index is 32.2. The molecule has 0 aliphatic rings. The van der Waals surface area contributed by atoms with Crippen molar-refractivity contribution in [1.82, 2.24) is 0 Å². The summed E-state index contributed by atoms with van der Waals surface area (Å²) in [5, 5.41) is 0. The van der Waals surface area contributed by atoms with E-state index in [4.69, 9.17) is 30.1 Å². The molecule has 5 heteroatoms. The molecule has 0 radical (unpaired) electrons. The molecule has 1 nitrogen and oxygen atoms in total. The summed E-state index contributed by atoms with van der Waals surface area (Å²) in [6.07, 6.45) is 2.28. The summed E-state index contributed by atoms with van der Waals surface area (Å²) in [6, 6.07) is 0. The largest absolute Gasteiger partial charge is 0.693 e. The molecule has 0 fully saturated rings. The third-order valence-electron chi connectivity index (χ3n) is 0.354. The zero-order valence-corrected chi connectivity index (χ0v) is 8.78. The van der Waals surface area contributed by atoms with Gasteiger partial charge in [-0.15, -0.1) is 0 Å². The summed E-state index contributed by atoms with van der Waals surface area (Å²) in [4.78, 5) is 0. The molecule has 0 saturated carbocycles. The van der Waals surface area contributed by atoms with Crippen molar-refractivity contribution in [3.05, 3.63) is 13.1 Å². The summed E-state index contributed by atoms with van der Waals surface area (Å²) in [5.74, 6) is 0. The molecule has 0 heterocycles. The Morgan fingerprint density at radius 3 is 1.44 bits per heavy atom. The topological polar surface area (TPSA) is 33.5 Å². The van der Waals surface area contributed by atoms with Crippen LogP contribution in [0.1, 0.15) is 19.8 Å². The van der Waals surface area contributed by atoms with Crippen molar-refractivity contribution >= 4 is 30.1 Å². The zero-order chi connectivity index (χ0) is 6.99. The van der Waals surface area contributed by atoms with Crippen LogP contribution in [0.2, 0.25) is 0 Å². The van der Waals surface area contributed by atoms with Gasteiger partial charge in [-0.25, -0.2) is 0 Å². The molecule has 0 bridgehead atoms. The summed E-state index contributed by atoms with van der Waals surface area (Å²) in [6.45, 7) is 5.72. The minimum Gasteiger partial charge on any atom is -0.693 e. The van der Waals surface area contributed by atoms with Crippen molar-refractivity contribution in [3.63, 3.8) is 0 Å². The molecule has 0 amide bonds. The summed E-state index contributed by atoms with van der Waals surface area (Å²) >= 11 is -1.62. The first-order valence-corrected chi connectivity index (χ1v) is 7.43. The van der Waals surface area contributed by atoms with Gasteiger partial charge in [0.1, 0.15) is 0 Å². The van der Waals surface area contributed by atoms with Crippen LogP contribution in [0.15, 0.2) is 0 Å². The van der Waals surface area contributed by atoms with Gasteiger partial charge in [-0.1, -0.05) is 13.3 Å². The molecule has 0 spiro atoms. The quantitative estimate of drug-likeness (QED) is 0.599. The third kappa shape index (κ3) is 90.9. The van der Waals surface area contributed by atoms with Crippen LogP contribution in [-0.2, 0) is 11.4 Å². The predicted octanol–water partition coefficient (Wildman–Crippen LogP) is 4.40. The van der Waals surface area contributed by atoms with Crippen LogP contribution >= 0.6 is 30.1 Å². The molecule has 0 aliphatic carbocycles. The maximum absolute atomic E-state index is 4.93. The van der Waals surface area contributed by atoms with Crippen LogP contribution in [0.4, 0.5) is 0 Å². The Morgan fingerprint density at radius 2 is 1.44 bits per heavy atom. The summed E-state index contributed by atoms with van der Waals surface area (Å²) in [7, 11) is 14.8. The molecule has 0 aromatic heterocycles. The van der Waals surface area contributed by atoms with E-state index in [1.165, 1.54) is 6.42 Å². The molecule has 9 heavy (non-hydrogen) atoms. The second kappa shape index (κ2) is 16.2. The van der Waals surface area contributed by atoms with Gasteiger partial charge in [0.05, 0.1) is 0 Å². The first kappa shape index (κ1) is 16.8. The van der Waals surface area contributed by atoms with E-state index in [1.54, 1.807) is 0 Å². The number of halogens is 3. The van der Waals surface area contributed by atoms with Gasteiger partial charge in [0.25, 0.3) is 0 Å². The molecule has 0 rings (SSSR count). The van der Waals surface area contributed by atoms with Gasteiger partial charge in [-0.2, -0.15) is 6.42 Å². The monoisotopic (exact) mass is 230 g/mol. The van der Waals surface area contributed by atoms with Crippen molar-refractivity contribution in [2.75, 3.05) is 0 Å². The fraction of sp³-hybridized carbons (Fsp3) is 0.750. The Labute approximate surface area is 74.3 Å². The van der Waals surface area contributed by atoms with Crippen molar-refractivity contribution in [3.8, 4) is 0 Å². The van der Waals surface area contributed by atoms with E-state index in [-0.39, 0.29) is 6.15 Å². The minimum absolute atomic E-state index is 0. The van der Waals surface area contributed by atoms with Gasteiger partial charge < -0.3 is 13.1 Å². The molecule has 0 aliphatic heterocycles. The maximum atomic E-state index is 4.93. The van der Waals surface area contributed by atoms with Gasteiger partial charge >= 0.3 is 41.5 Å². The van der Waals surface area contributed by atoms with Gasteiger partial charge in [-0.05, 0) is 0 Å². The normalized spacial score (nSPS) is 7.33. The van der Waals surface area contributed by atoms with E-state index < -0.39 is 11.4 Å². The SMILES string of the molecule is [CH2-]CCC.[Cl][Cr]([Cl])[Cl].[NH2-]. The second-order valence-corrected chi connectivity index (χ2v) is 7.35. The summed E-state index contributed by atoms with van der Waals surface area (Å²) < 4.78 is 0. The van der Waals surface area contributed by atoms with E-state index in [9.17, 15) is 0 Å². The van der Waals surface area contributed by atoms with E-state index in [1.807, 2.05) is 0 Å². The first-order valence-electron chi connectivity index (χ1n) is 2.17. The Balaban J connectivity index is -0.0000000720. The van der Waals surface area contributed by atoms with Gasteiger partial charge in [0, 0.05) is 0 Å². The Morgan fingerprint density at radius 1 is 1.33 bits per heavy atom. The molecule has 0 atom stereocenters. The van der Waals surface area contributed by atoms with Crippen LogP contribution in [0.3, 0.4) is 0 Å². The van der Waals surface area contributed by atoms with Crippen molar-refractivity contribution in [1.29, 1.82) is 0 Å². The molecule has 0 aromatic carbocycles. The fourth-order valence-corrected chi connectivity index (χ4v) is 0. The molecule has 0 saturated heterocycles. The number of unbranched alkanes of at least 4 members (excludes halogenated alkanes) is 1. The standard InChI is InChI=1S/C4H9.3ClH.Cr.H2N/c1-3-4-2;;;;;/h1,3-4H2,2H3;3*1H;;1H2/q-1;;;;+3;-1/p-3. The average Bonchev–Trinajstić information content (AvgIpc) is 1.65. The number of rotatable bonds is 1. The van der Waals surface area contributed by atoms with E-state index >= 15 is 0 Å². The second-order valence-electron chi connectivity index (χ2n) is 1.03. The van der Waals surface area contributed by atoms with Crippen LogP contribution < -0.4 is 0 Å². The predicted molar refractivity (Wildman–Crippen MR) is 43.1 cm³/mol. The molecule has 61 valence electrons. The zero-order valence-electron chi connectivity index (χ0n) is 5.24. The number of nitrogens with two attached hydrogens (primary N) is 1. The maximum Gasteiger partial charge on any atom is -0.693 e. The molecular weight excluding hydrogens is 220 g/mol. The number of hydrogen-bond donors (Lipinski definition) is 0.